The number of aromatic nitrogens is 3. The van der Waals surface area contributed by atoms with E-state index >= 15 is 0 Å². The van der Waals surface area contributed by atoms with Gasteiger partial charge in [-0.05, 0) is 25.5 Å². The molecular weight excluding hydrogens is 210 g/mol. The average Bonchev–Trinajstić information content (AvgIpc) is 2.75. The predicted molar refractivity (Wildman–Crippen MR) is 67.9 cm³/mol. The molecule has 0 unspecified atom stereocenters. The Morgan fingerprint density at radius 3 is 2.53 bits per heavy atom. The molecule has 3 heteroatoms. The minimum absolute atomic E-state index is 0.947. The fraction of sp³-hybridized carbons (Fsp3) is 0.143. The summed E-state index contributed by atoms with van der Waals surface area (Å²) in [5.41, 5.74) is 5.58. The molecule has 2 aromatic heterocycles. The first kappa shape index (κ1) is 10.0. The zero-order chi connectivity index (χ0) is 11.8. The first-order valence-corrected chi connectivity index (χ1v) is 5.63. The van der Waals surface area contributed by atoms with Crippen LogP contribution in [-0.2, 0) is 0 Å². The van der Waals surface area contributed by atoms with Crippen molar-refractivity contribution in [1.82, 2.24) is 14.8 Å². The van der Waals surface area contributed by atoms with Crippen LogP contribution in [0.25, 0.3) is 16.8 Å². The number of benzene rings is 1. The van der Waals surface area contributed by atoms with Gasteiger partial charge in [0, 0.05) is 11.8 Å². The van der Waals surface area contributed by atoms with Crippen LogP contribution in [0.2, 0.25) is 0 Å². The second-order valence-electron chi connectivity index (χ2n) is 4.29. The van der Waals surface area contributed by atoms with Crippen molar-refractivity contribution < 1.29 is 0 Å². The number of hydrogen-bond acceptors (Lipinski definition) is 2. The van der Waals surface area contributed by atoms with Crippen molar-refractivity contribution in [3.05, 3.63) is 53.7 Å². The van der Waals surface area contributed by atoms with E-state index in [0.29, 0.717) is 0 Å². The highest BCUT2D eigenvalue weighted by atomic mass is 15.4. The van der Waals surface area contributed by atoms with Crippen LogP contribution in [0.15, 0.2) is 42.6 Å². The fourth-order valence-electron chi connectivity index (χ4n) is 2.02. The monoisotopic (exact) mass is 223 g/mol. The molecule has 0 aliphatic carbocycles. The number of rotatable bonds is 1. The summed E-state index contributed by atoms with van der Waals surface area (Å²) in [4.78, 5) is 0. The van der Waals surface area contributed by atoms with Crippen molar-refractivity contribution >= 4 is 5.52 Å². The average molecular weight is 223 g/mol. The lowest BCUT2D eigenvalue weighted by Gasteiger charge is -2.01. The molecule has 3 nitrogen and oxygen atoms in total. The van der Waals surface area contributed by atoms with Crippen LogP contribution >= 0.6 is 0 Å². The molecule has 0 fully saturated rings. The Hall–Kier alpha value is -2.16. The van der Waals surface area contributed by atoms with Gasteiger partial charge in [0.05, 0.1) is 5.52 Å². The lowest BCUT2D eigenvalue weighted by Crippen LogP contribution is -1.88. The van der Waals surface area contributed by atoms with Gasteiger partial charge in [-0.25, -0.2) is 4.52 Å². The van der Waals surface area contributed by atoms with E-state index in [0.717, 1.165) is 16.8 Å². The Kier molecular flexibility index (Phi) is 2.18. The van der Waals surface area contributed by atoms with Gasteiger partial charge in [0.2, 0.25) is 0 Å². The van der Waals surface area contributed by atoms with E-state index in [4.69, 9.17) is 0 Å². The summed E-state index contributed by atoms with van der Waals surface area (Å²) in [6, 6.07) is 12.4. The third-order valence-corrected chi connectivity index (χ3v) is 2.97. The zero-order valence-electron chi connectivity index (χ0n) is 9.88. The van der Waals surface area contributed by atoms with E-state index in [2.05, 4.69) is 54.5 Å². The molecule has 0 N–H and O–H groups in total. The van der Waals surface area contributed by atoms with Crippen LogP contribution in [-0.4, -0.2) is 14.8 Å². The molecule has 0 spiro atoms. The molecule has 17 heavy (non-hydrogen) atoms. The molecule has 0 bridgehead atoms. The molecule has 84 valence electrons. The normalized spacial score (nSPS) is 10.9. The molecule has 3 aromatic rings. The molecule has 1 aromatic carbocycles. The summed E-state index contributed by atoms with van der Waals surface area (Å²) < 4.78 is 1.82. The third-order valence-electron chi connectivity index (χ3n) is 2.97. The van der Waals surface area contributed by atoms with Gasteiger partial charge in [-0.1, -0.05) is 41.1 Å². The maximum Gasteiger partial charge on any atom is 0.121 e. The maximum atomic E-state index is 4.27. The summed E-state index contributed by atoms with van der Waals surface area (Å²) in [5.74, 6) is 0. The van der Waals surface area contributed by atoms with Gasteiger partial charge in [0.25, 0.3) is 0 Å². The Labute approximate surface area is 99.7 Å². The third kappa shape index (κ3) is 1.60. The number of fused-ring (bicyclic) bond motifs is 1. The summed E-state index contributed by atoms with van der Waals surface area (Å²) in [7, 11) is 0. The van der Waals surface area contributed by atoms with Gasteiger partial charge in [-0.2, -0.15) is 0 Å². The van der Waals surface area contributed by atoms with Crippen LogP contribution < -0.4 is 0 Å². The summed E-state index contributed by atoms with van der Waals surface area (Å²) in [5, 5.41) is 8.41. The Bertz CT molecular complexity index is 666. The maximum absolute atomic E-state index is 4.27. The van der Waals surface area contributed by atoms with E-state index < -0.39 is 0 Å². The van der Waals surface area contributed by atoms with E-state index in [1.54, 1.807) is 0 Å². The van der Waals surface area contributed by atoms with Crippen LogP contribution in [0.5, 0.6) is 0 Å². The molecule has 2 heterocycles. The molecule has 0 aliphatic heterocycles. The molecule has 3 rings (SSSR count). The topological polar surface area (TPSA) is 30.2 Å². The highest BCUT2D eigenvalue weighted by Crippen LogP contribution is 2.24. The minimum atomic E-state index is 0.947. The number of pyridine rings is 1. The van der Waals surface area contributed by atoms with Gasteiger partial charge in [-0.3, -0.25) is 0 Å². The summed E-state index contributed by atoms with van der Waals surface area (Å²) in [6.07, 6.45) is 1.92. The summed E-state index contributed by atoms with van der Waals surface area (Å²) in [6.45, 7) is 4.16. The molecule has 0 aliphatic rings. The lowest BCUT2D eigenvalue weighted by molar-refractivity contribution is 0.855. The zero-order valence-corrected chi connectivity index (χ0v) is 9.88. The Morgan fingerprint density at radius 1 is 1.00 bits per heavy atom. The van der Waals surface area contributed by atoms with Gasteiger partial charge in [0.1, 0.15) is 5.69 Å². The van der Waals surface area contributed by atoms with Gasteiger partial charge in [-0.15, -0.1) is 5.10 Å². The fourth-order valence-corrected chi connectivity index (χ4v) is 2.02. The summed E-state index contributed by atoms with van der Waals surface area (Å²) >= 11 is 0. The van der Waals surface area contributed by atoms with Gasteiger partial charge < -0.3 is 0 Å². The molecule has 0 saturated heterocycles. The Morgan fingerprint density at radius 2 is 1.76 bits per heavy atom. The highest BCUT2D eigenvalue weighted by Gasteiger charge is 2.09. The van der Waals surface area contributed by atoms with Crippen LogP contribution in [0, 0.1) is 13.8 Å². The SMILES string of the molecule is Cc1ccc(-c2nnn3cccc(C)c23)cc1. The number of nitrogens with zero attached hydrogens (tertiary/aromatic N) is 3. The van der Waals surface area contributed by atoms with Crippen LogP contribution in [0.3, 0.4) is 0 Å². The number of aryl methyl sites for hydroxylation is 2. The van der Waals surface area contributed by atoms with E-state index in [9.17, 15) is 0 Å². The van der Waals surface area contributed by atoms with Crippen molar-refractivity contribution in [1.29, 1.82) is 0 Å². The molecule has 0 atom stereocenters. The minimum Gasteiger partial charge on any atom is -0.220 e. The molecule has 0 saturated carbocycles. The van der Waals surface area contributed by atoms with Crippen molar-refractivity contribution in [2.45, 2.75) is 13.8 Å². The molecular formula is C14H13N3. The predicted octanol–water partition coefficient (Wildman–Crippen LogP) is 3.01. The number of hydrogen-bond donors (Lipinski definition) is 0. The van der Waals surface area contributed by atoms with E-state index in [1.165, 1.54) is 11.1 Å². The van der Waals surface area contributed by atoms with Crippen molar-refractivity contribution in [2.75, 3.05) is 0 Å². The second-order valence-corrected chi connectivity index (χ2v) is 4.29. The first-order chi connectivity index (χ1) is 8.25. The molecule has 0 radical (unpaired) electrons. The smallest absolute Gasteiger partial charge is 0.121 e. The largest absolute Gasteiger partial charge is 0.220 e. The highest BCUT2D eigenvalue weighted by molar-refractivity contribution is 5.78. The first-order valence-electron chi connectivity index (χ1n) is 5.63. The van der Waals surface area contributed by atoms with E-state index in [1.807, 2.05) is 16.8 Å². The standard InChI is InChI=1S/C14H13N3/c1-10-5-7-12(8-6-10)13-14-11(2)4-3-9-17(14)16-15-13/h3-9H,1-2H3. The second kappa shape index (κ2) is 3.70. The van der Waals surface area contributed by atoms with Crippen molar-refractivity contribution in [3.8, 4) is 11.3 Å². The Balaban J connectivity index is 2.27. The quantitative estimate of drug-likeness (QED) is 0.634. The lowest BCUT2D eigenvalue weighted by atomic mass is 10.1. The van der Waals surface area contributed by atoms with Gasteiger partial charge >= 0.3 is 0 Å². The van der Waals surface area contributed by atoms with Crippen molar-refractivity contribution in [3.63, 3.8) is 0 Å². The van der Waals surface area contributed by atoms with Crippen molar-refractivity contribution in [2.24, 2.45) is 0 Å². The van der Waals surface area contributed by atoms with Crippen LogP contribution in [0.1, 0.15) is 11.1 Å². The van der Waals surface area contributed by atoms with E-state index in [-0.39, 0.29) is 0 Å². The van der Waals surface area contributed by atoms with Gasteiger partial charge in [0.15, 0.2) is 0 Å². The van der Waals surface area contributed by atoms with Crippen LogP contribution in [0.4, 0.5) is 0 Å². The molecule has 0 amide bonds.